The van der Waals surface area contributed by atoms with E-state index in [4.69, 9.17) is 33.6 Å². The van der Waals surface area contributed by atoms with Gasteiger partial charge in [0, 0.05) is 18.3 Å². The highest BCUT2D eigenvalue weighted by molar-refractivity contribution is 6.42. The number of hydrogen-bond acceptors (Lipinski definition) is 4. The van der Waals surface area contributed by atoms with E-state index >= 15 is 0 Å². The minimum atomic E-state index is 0.161. The minimum absolute atomic E-state index is 0.161. The fourth-order valence-corrected chi connectivity index (χ4v) is 2.90. The van der Waals surface area contributed by atoms with Gasteiger partial charge in [-0.3, -0.25) is 5.32 Å². The van der Waals surface area contributed by atoms with Crippen molar-refractivity contribution in [3.05, 3.63) is 45.9 Å². The molecule has 2 rings (SSSR count). The van der Waals surface area contributed by atoms with Gasteiger partial charge < -0.3 is 10.2 Å². The second-order valence-electron chi connectivity index (χ2n) is 7.53. The summed E-state index contributed by atoms with van der Waals surface area (Å²) in [5, 5.41) is 16.0. The van der Waals surface area contributed by atoms with Crippen LogP contribution in [0.3, 0.4) is 0 Å². The Kier molecular flexibility index (Phi) is 7.66. The molecule has 0 atom stereocenters. The van der Waals surface area contributed by atoms with Crippen molar-refractivity contribution in [3.63, 3.8) is 0 Å². The molecule has 0 unspecified atom stereocenters. The third kappa shape index (κ3) is 6.07. The zero-order chi connectivity index (χ0) is 20.9. The molecule has 152 valence electrons. The maximum Gasteiger partial charge on any atom is 0.305 e. The summed E-state index contributed by atoms with van der Waals surface area (Å²) < 4.78 is 0.161. The SMILES string of the molecule is Cc1cc(NCCCN(C)C)nc([N+](C)(C)C(=N)Nc2ccc(Cl)c(Cl)c2)c1. The van der Waals surface area contributed by atoms with E-state index in [9.17, 15) is 0 Å². The summed E-state index contributed by atoms with van der Waals surface area (Å²) in [5.74, 6) is 1.87. The third-order valence-electron chi connectivity index (χ3n) is 4.36. The number of nitrogens with one attached hydrogen (secondary N) is 3. The zero-order valence-corrected chi connectivity index (χ0v) is 18.6. The maximum atomic E-state index is 8.57. The van der Waals surface area contributed by atoms with Gasteiger partial charge in [-0.05, 0) is 63.8 Å². The summed E-state index contributed by atoms with van der Waals surface area (Å²) in [6.45, 7) is 3.90. The molecule has 1 aromatic heterocycles. The van der Waals surface area contributed by atoms with Gasteiger partial charge in [-0.15, -0.1) is 0 Å². The highest BCUT2D eigenvalue weighted by atomic mass is 35.5. The van der Waals surface area contributed by atoms with Crippen molar-refractivity contribution in [3.8, 4) is 0 Å². The number of benzene rings is 1. The first kappa shape index (κ1) is 22.4. The van der Waals surface area contributed by atoms with Gasteiger partial charge in [-0.25, -0.2) is 9.89 Å². The molecule has 0 spiro atoms. The molecule has 0 aliphatic rings. The number of nitrogens with zero attached hydrogens (tertiary/aromatic N) is 3. The van der Waals surface area contributed by atoms with Gasteiger partial charge in [0.2, 0.25) is 5.82 Å². The van der Waals surface area contributed by atoms with Crippen molar-refractivity contribution >= 4 is 46.5 Å². The van der Waals surface area contributed by atoms with Crippen LogP contribution in [0.4, 0.5) is 17.3 Å². The third-order valence-corrected chi connectivity index (χ3v) is 5.10. The molecule has 2 aromatic rings. The van der Waals surface area contributed by atoms with E-state index < -0.39 is 0 Å². The van der Waals surface area contributed by atoms with Gasteiger partial charge in [0.25, 0.3) is 0 Å². The summed E-state index contributed by atoms with van der Waals surface area (Å²) in [4.78, 5) is 6.90. The predicted molar refractivity (Wildman–Crippen MR) is 122 cm³/mol. The molecule has 0 amide bonds. The Balaban J connectivity index is 2.14. The largest absolute Gasteiger partial charge is 0.370 e. The molecule has 0 saturated heterocycles. The maximum absolute atomic E-state index is 8.57. The van der Waals surface area contributed by atoms with E-state index in [1.807, 2.05) is 33.2 Å². The lowest BCUT2D eigenvalue weighted by Crippen LogP contribution is -2.50. The monoisotopic (exact) mass is 423 g/mol. The van der Waals surface area contributed by atoms with E-state index in [-0.39, 0.29) is 10.4 Å². The Morgan fingerprint density at radius 1 is 1.14 bits per heavy atom. The van der Waals surface area contributed by atoms with Crippen LogP contribution in [0.1, 0.15) is 12.0 Å². The summed E-state index contributed by atoms with van der Waals surface area (Å²) in [7, 11) is 7.97. The van der Waals surface area contributed by atoms with Crippen LogP contribution >= 0.6 is 23.2 Å². The van der Waals surface area contributed by atoms with Crippen molar-refractivity contribution in [1.29, 1.82) is 5.41 Å². The number of rotatable bonds is 7. The average molecular weight is 424 g/mol. The molecule has 1 aromatic carbocycles. The Hall–Kier alpha value is -1.86. The van der Waals surface area contributed by atoms with Crippen molar-refractivity contribution < 1.29 is 0 Å². The van der Waals surface area contributed by atoms with Gasteiger partial charge in [0.05, 0.1) is 24.1 Å². The van der Waals surface area contributed by atoms with Crippen molar-refractivity contribution in [2.24, 2.45) is 0 Å². The van der Waals surface area contributed by atoms with Gasteiger partial charge in [-0.1, -0.05) is 23.2 Å². The number of guanidine groups is 1. The Morgan fingerprint density at radius 3 is 2.50 bits per heavy atom. The average Bonchev–Trinajstić information content (AvgIpc) is 2.61. The minimum Gasteiger partial charge on any atom is -0.370 e. The second kappa shape index (κ2) is 9.56. The number of aromatic nitrogens is 1. The lowest BCUT2D eigenvalue weighted by molar-refractivity contribution is 0.405. The topological polar surface area (TPSA) is 64.0 Å². The second-order valence-corrected chi connectivity index (χ2v) is 8.34. The van der Waals surface area contributed by atoms with E-state index in [1.54, 1.807) is 18.2 Å². The predicted octanol–water partition coefficient (Wildman–Crippen LogP) is 4.67. The summed E-state index contributed by atoms with van der Waals surface area (Å²) in [6.07, 6.45) is 1.03. The fraction of sp³-hybridized carbons (Fsp3) is 0.400. The quantitative estimate of drug-likeness (QED) is 0.262. The molecule has 0 fully saturated rings. The Bertz CT molecular complexity index is 835. The molecule has 0 aliphatic carbocycles. The van der Waals surface area contributed by atoms with Gasteiger partial charge >= 0.3 is 5.96 Å². The van der Waals surface area contributed by atoms with Crippen LogP contribution in [0.15, 0.2) is 30.3 Å². The highest BCUT2D eigenvalue weighted by Gasteiger charge is 2.29. The normalized spacial score (nSPS) is 11.6. The van der Waals surface area contributed by atoms with Crippen LogP contribution in [-0.2, 0) is 0 Å². The fourth-order valence-electron chi connectivity index (χ4n) is 2.60. The van der Waals surface area contributed by atoms with Crippen LogP contribution in [0.5, 0.6) is 0 Å². The molecule has 0 aliphatic heterocycles. The molecular weight excluding hydrogens is 395 g/mol. The van der Waals surface area contributed by atoms with Crippen molar-refractivity contribution in [1.82, 2.24) is 14.4 Å². The van der Waals surface area contributed by atoms with Gasteiger partial charge in [0.15, 0.2) is 0 Å². The van der Waals surface area contributed by atoms with Gasteiger partial charge in [0.1, 0.15) is 5.82 Å². The van der Waals surface area contributed by atoms with E-state index in [1.165, 1.54) is 0 Å². The van der Waals surface area contributed by atoms with Crippen molar-refractivity contribution in [2.75, 3.05) is 51.9 Å². The van der Waals surface area contributed by atoms with Crippen LogP contribution in [0.25, 0.3) is 0 Å². The smallest absolute Gasteiger partial charge is 0.305 e. The molecule has 28 heavy (non-hydrogen) atoms. The molecule has 3 N–H and O–H groups in total. The molecular formula is C20H29Cl2N6+. The molecule has 0 saturated carbocycles. The first-order chi connectivity index (χ1) is 13.1. The van der Waals surface area contributed by atoms with Crippen LogP contribution in [-0.4, -0.2) is 57.1 Å². The van der Waals surface area contributed by atoms with Crippen molar-refractivity contribution in [2.45, 2.75) is 13.3 Å². The van der Waals surface area contributed by atoms with Crippen LogP contribution < -0.4 is 15.1 Å². The number of hydrogen-bond donors (Lipinski definition) is 3. The molecule has 0 radical (unpaired) electrons. The van der Waals surface area contributed by atoms with E-state index in [2.05, 4.69) is 29.6 Å². The molecule has 1 heterocycles. The first-order valence-electron chi connectivity index (χ1n) is 9.12. The molecule has 0 bridgehead atoms. The molecule has 6 nitrogen and oxygen atoms in total. The van der Waals surface area contributed by atoms with Crippen LogP contribution in [0, 0.1) is 12.3 Å². The number of aryl methyl sites for hydroxylation is 1. The summed E-state index contributed by atoms with van der Waals surface area (Å²) in [5.41, 5.74) is 1.80. The highest BCUT2D eigenvalue weighted by Crippen LogP contribution is 2.26. The summed E-state index contributed by atoms with van der Waals surface area (Å²) >= 11 is 12.0. The lowest BCUT2D eigenvalue weighted by Gasteiger charge is -2.28. The lowest BCUT2D eigenvalue weighted by atomic mass is 10.2. The molecule has 8 heteroatoms. The van der Waals surface area contributed by atoms with E-state index in [0.29, 0.717) is 15.7 Å². The Labute approximate surface area is 177 Å². The summed E-state index contributed by atoms with van der Waals surface area (Å²) in [6, 6.07) is 9.23. The first-order valence-corrected chi connectivity index (χ1v) is 9.88. The van der Waals surface area contributed by atoms with Gasteiger partial charge in [-0.2, -0.15) is 4.98 Å². The van der Waals surface area contributed by atoms with E-state index in [0.717, 1.165) is 36.7 Å². The number of pyridine rings is 1. The zero-order valence-electron chi connectivity index (χ0n) is 17.1. The number of anilines is 2. The standard InChI is InChI=1S/C20H29Cl2N6/c1-14-11-18(24-9-6-10-27(2)3)26-19(12-14)28(4,5)20(23)25-15-7-8-16(21)17(22)13-15/h7-8,11-13H,6,9-10H2,1-5H3,(H2,23,25)(H,24,26)/q+1. The Morgan fingerprint density at radius 2 is 1.86 bits per heavy atom. The van der Waals surface area contributed by atoms with Crippen LogP contribution in [0.2, 0.25) is 10.0 Å². The number of halogens is 2. The number of quaternary nitrogens is 1.